The van der Waals surface area contributed by atoms with Crippen molar-refractivity contribution in [2.24, 2.45) is 0 Å². The minimum Gasteiger partial charge on any atom is -0.309 e. The van der Waals surface area contributed by atoms with Crippen molar-refractivity contribution in [3.63, 3.8) is 0 Å². The molecule has 5 nitrogen and oxygen atoms in total. The van der Waals surface area contributed by atoms with Gasteiger partial charge in [0.05, 0.1) is 49.7 Å². The predicted molar refractivity (Wildman–Crippen MR) is 246 cm³/mol. The summed E-state index contributed by atoms with van der Waals surface area (Å²) in [5, 5.41) is 12.0. The van der Waals surface area contributed by atoms with Crippen LogP contribution < -0.4 is 0 Å². The van der Waals surface area contributed by atoms with Crippen LogP contribution in [0.4, 0.5) is 0 Å². The number of para-hydroxylation sites is 5. The summed E-state index contributed by atoms with van der Waals surface area (Å²) in [5.41, 5.74) is 12.8. The molecule has 272 valence electrons. The van der Waals surface area contributed by atoms with Gasteiger partial charge in [-0.15, -0.1) is 0 Å². The molecule has 9 aromatic carbocycles. The largest absolute Gasteiger partial charge is 0.309 e. The first kappa shape index (κ1) is 31.1. The van der Waals surface area contributed by atoms with Crippen molar-refractivity contribution in [1.29, 1.82) is 0 Å². The van der Waals surface area contributed by atoms with Crippen molar-refractivity contribution in [2.75, 3.05) is 0 Å². The molecule has 0 saturated carbocycles. The van der Waals surface area contributed by atoms with E-state index in [-0.39, 0.29) is 0 Å². The maximum absolute atomic E-state index is 5.80. The van der Waals surface area contributed by atoms with Gasteiger partial charge in [0, 0.05) is 54.3 Å². The third-order valence-electron chi connectivity index (χ3n) is 12.7. The van der Waals surface area contributed by atoms with Gasteiger partial charge in [0.15, 0.2) is 5.82 Å². The first-order chi connectivity index (χ1) is 29.3. The molecule has 5 heteroatoms. The Bertz CT molecular complexity index is 4070. The van der Waals surface area contributed by atoms with Gasteiger partial charge in [0.1, 0.15) is 5.69 Å². The minimum atomic E-state index is 0.803. The van der Waals surface area contributed by atoms with E-state index >= 15 is 0 Å². The minimum absolute atomic E-state index is 0.803. The predicted octanol–water partition coefficient (Wildman–Crippen LogP) is 13.8. The molecule has 59 heavy (non-hydrogen) atoms. The van der Waals surface area contributed by atoms with E-state index in [1.54, 1.807) is 0 Å². The number of hydrogen-bond donors (Lipinski definition) is 0. The highest BCUT2D eigenvalue weighted by atomic mass is 15.1. The fraction of sp³-hybridized carbons (Fsp3) is 0. The van der Waals surface area contributed by atoms with Crippen LogP contribution in [0, 0.1) is 0 Å². The van der Waals surface area contributed by atoms with Crippen LogP contribution in [-0.4, -0.2) is 23.5 Å². The topological polar surface area (TPSA) is 40.0 Å². The SMILES string of the molecule is c1ccc(-n2c3ccccc3c3cccc(-c4nc5ccc6ccccc6c5nc4-n4c5cccc6c7cccc8c9ccccc9n(c9cccc4c9c65)c78)c32)cc1. The molecule has 5 aromatic heterocycles. The maximum atomic E-state index is 5.80. The number of nitrogens with zero attached hydrogens (tertiary/aromatic N) is 5. The Morgan fingerprint density at radius 1 is 0.339 bits per heavy atom. The zero-order valence-electron chi connectivity index (χ0n) is 31.6. The molecule has 0 aliphatic heterocycles. The fourth-order valence-electron chi connectivity index (χ4n) is 10.4. The summed E-state index contributed by atoms with van der Waals surface area (Å²) in [6.45, 7) is 0. The molecule has 0 radical (unpaired) electrons. The van der Waals surface area contributed by atoms with Crippen LogP contribution in [0.15, 0.2) is 188 Å². The lowest BCUT2D eigenvalue weighted by Gasteiger charge is -2.17. The molecule has 0 amide bonds. The standard InChI is InChI=1S/C54H31N5/c1-2-15-33(16-3-1)57-43-25-8-6-18-35(43)39-22-11-24-41(53(39)57)51-54(56-50-34-17-5-4-14-32(34)30-31-42(50)55-51)59-45-27-12-20-37-40-23-10-21-38-36-19-7-9-26-44(36)58(52(38)40)46-28-13-29-47(59)49(46)48(37)45/h1-31H. The van der Waals surface area contributed by atoms with Crippen molar-refractivity contribution in [2.45, 2.75) is 0 Å². The second kappa shape index (κ2) is 11.3. The Kier molecular flexibility index (Phi) is 5.96. The Hall–Kier alpha value is -8.02. The van der Waals surface area contributed by atoms with Crippen molar-refractivity contribution in [1.82, 2.24) is 23.5 Å². The lowest BCUT2D eigenvalue weighted by atomic mass is 10.0. The van der Waals surface area contributed by atoms with E-state index in [2.05, 4.69) is 202 Å². The number of rotatable bonds is 3. The Morgan fingerprint density at radius 2 is 0.915 bits per heavy atom. The summed E-state index contributed by atoms with van der Waals surface area (Å²) in [5.74, 6) is 0.803. The van der Waals surface area contributed by atoms with E-state index in [0.29, 0.717) is 0 Å². The van der Waals surface area contributed by atoms with Crippen LogP contribution >= 0.6 is 0 Å². The molecule has 0 bridgehead atoms. The van der Waals surface area contributed by atoms with Crippen molar-refractivity contribution in [3.8, 4) is 22.8 Å². The molecule has 0 atom stereocenters. The molecule has 0 unspecified atom stereocenters. The highest BCUT2D eigenvalue weighted by Crippen LogP contribution is 2.46. The third kappa shape index (κ3) is 3.98. The second-order valence-electron chi connectivity index (χ2n) is 15.7. The second-order valence-corrected chi connectivity index (χ2v) is 15.7. The molecule has 0 aliphatic carbocycles. The Balaban J connectivity index is 1.21. The van der Waals surface area contributed by atoms with E-state index in [9.17, 15) is 0 Å². The van der Waals surface area contributed by atoms with Crippen LogP contribution in [0.1, 0.15) is 0 Å². The normalized spacial score (nSPS) is 12.4. The molecular weight excluding hydrogens is 719 g/mol. The van der Waals surface area contributed by atoms with Crippen LogP contribution in [0.3, 0.4) is 0 Å². The van der Waals surface area contributed by atoms with Gasteiger partial charge >= 0.3 is 0 Å². The molecule has 0 N–H and O–H groups in total. The molecule has 0 spiro atoms. The maximum Gasteiger partial charge on any atom is 0.165 e. The molecule has 0 aliphatic rings. The smallest absolute Gasteiger partial charge is 0.165 e. The van der Waals surface area contributed by atoms with Gasteiger partial charge in [-0.05, 0) is 59.3 Å². The quantitative estimate of drug-likeness (QED) is 0.169. The van der Waals surface area contributed by atoms with Crippen LogP contribution in [0.5, 0.6) is 0 Å². The van der Waals surface area contributed by atoms with Gasteiger partial charge in [0.25, 0.3) is 0 Å². The van der Waals surface area contributed by atoms with E-state index < -0.39 is 0 Å². The lowest BCUT2D eigenvalue weighted by Crippen LogP contribution is -2.05. The van der Waals surface area contributed by atoms with Gasteiger partial charge in [0.2, 0.25) is 0 Å². The van der Waals surface area contributed by atoms with E-state index in [4.69, 9.17) is 9.97 Å². The Morgan fingerprint density at radius 3 is 1.76 bits per heavy atom. The molecule has 5 heterocycles. The first-order valence-corrected chi connectivity index (χ1v) is 20.2. The molecule has 14 aromatic rings. The number of benzene rings is 9. The zero-order valence-corrected chi connectivity index (χ0v) is 31.6. The van der Waals surface area contributed by atoms with Gasteiger partial charge in [-0.1, -0.05) is 140 Å². The van der Waals surface area contributed by atoms with Crippen molar-refractivity contribution >= 4 is 104 Å². The molecule has 14 rings (SSSR count). The summed E-state index contributed by atoms with van der Waals surface area (Å²) in [6, 6.07) is 68.0. The van der Waals surface area contributed by atoms with Crippen molar-refractivity contribution in [3.05, 3.63) is 188 Å². The highest BCUT2D eigenvalue weighted by Gasteiger charge is 2.26. The van der Waals surface area contributed by atoms with Gasteiger partial charge in [-0.2, -0.15) is 0 Å². The van der Waals surface area contributed by atoms with Crippen molar-refractivity contribution < 1.29 is 0 Å². The summed E-state index contributed by atoms with van der Waals surface area (Å²) >= 11 is 0. The number of aromatic nitrogens is 5. The molecule has 0 fully saturated rings. The summed E-state index contributed by atoms with van der Waals surface area (Å²) in [4.78, 5) is 11.5. The lowest BCUT2D eigenvalue weighted by molar-refractivity contribution is 1.08. The summed E-state index contributed by atoms with van der Waals surface area (Å²) in [7, 11) is 0. The third-order valence-corrected chi connectivity index (χ3v) is 12.7. The van der Waals surface area contributed by atoms with E-state index in [1.807, 2.05) is 0 Å². The molecular formula is C54H31N5. The summed E-state index contributed by atoms with van der Waals surface area (Å²) in [6.07, 6.45) is 0. The van der Waals surface area contributed by atoms with E-state index in [1.165, 1.54) is 59.6 Å². The molecule has 0 saturated heterocycles. The van der Waals surface area contributed by atoms with Crippen LogP contribution in [-0.2, 0) is 0 Å². The average Bonchev–Trinajstić information content (AvgIpc) is 3.92. The van der Waals surface area contributed by atoms with Gasteiger partial charge in [-0.25, -0.2) is 9.97 Å². The van der Waals surface area contributed by atoms with Gasteiger partial charge < -0.3 is 8.97 Å². The van der Waals surface area contributed by atoms with Crippen LogP contribution in [0.25, 0.3) is 126 Å². The van der Waals surface area contributed by atoms with E-state index in [0.717, 1.165) is 66.6 Å². The number of fused-ring (bicyclic) bond motifs is 11. The Labute approximate surface area is 336 Å². The van der Waals surface area contributed by atoms with Gasteiger partial charge in [-0.3, -0.25) is 4.57 Å². The fourth-order valence-corrected chi connectivity index (χ4v) is 10.4. The monoisotopic (exact) mass is 749 g/mol. The highest BCUT2D eigenvalue weighted by molar-refractivity contribution is 6.31. The number of hydrogen-bond acceptors (Lipinski definition) is 2. The summed E-state index contributed by atoms with van der Waals surface area (Å²) < 4.78 is 7.29. The first-order valence-electron chi connectivity index (χ1n) is 20.2. The van der Waals surface area contributed by atoms with Crippen LogP contribution in [0.2, 0.25) is 0 Å². The average molecular weight is 750 g/mol. The zero-order chi connectivity index (χ0) is 38.3.